The minimum atomic E-state index is 0.290. The van der Waals surface area contributed by atoms with Crippen LogP contribution in [0.15, 0.2) is 0 Å². The van der Waals surface area contributed by atoms with E-state index in [-0.39, 0.29) is 5.54 Å². The van der Waals surface area contributed by atoms with Gasteiger partial charge >= 0.3 is 0 Å². The first-order chi connectivity index (χ1) is 8.23. The van der Waals surface area contributed by atoms with Crippen LogP contribution in [0.5, 0.6) is 0 Å². The molecule has 0 radical (unpaired) electrons. The number of hydrogen-bond acceptors (Lipinski definition) is 3. The normalized spacial score (nSPS) is 35.5. The fourth-order valence-electron chi connectivity index (χ4n) is 3.53. The zero-order valence-electron chi connectivity index (χ0n) is 11.2. The number of nitrogens with two attached hydrogens (primary N) is 1. The summed E-state index contributed by atoms with van der Waals surface area (Å²) in [7, 11) is 2.31. The van der Waals surface area contributed by atoms with E-state index < -0.39 is 0 Å². The van der Waals surface area contributed by atoms with Gasteiger partial charge in [-0.3, -0.25) is 9.80 Å². The lowest BCUT2D eigenvalue weighted by molar-refractivity contribution is 0.0883. The van der Waals surface area contributed by atoms with Crippen LogP contribution in [-0.4, -0.2) is 54.6 Å². The van der Waals surface area contributed by atoms with E-state index in [1.165, 1.54) is 58.2 Å². The summed E-state index contributed by atoms with van der Waals surface area (Å²) < 4.78 is 0. The smallest absolute Gasteiger partial charge is 0.0467 e. The summed E-state index contributed by atoms with van der Waals surface area (Å²) in [6.07, 6.45) is 8.46. The average Bonchev–Trinajstić information content (AvgIpc) is 3.04. The summed E-state index contributed by atoms with van der Waals surface area (Å²) in [5.41, 5.74) is 6.41. The SMILES string of the molecule is CN(CC1CCC1)C1(CN)CCN(C2CC2)C1. The van der Waals surface area contributed by atoms with Gasteiger partial charge in [-0.05, 0) is 45.1 Å². The molecule has 3 fully saturated rings. The molecule has 0 spiro atoms. The zero-order valence-corrected chi connectivity index (χ0v) is 11.2. The van der Waals surface area contributed by atoms with Crippen molar-refractivity contribution in [3.05, 3.63) is 0 Å². The van der Waals surface area contributed by atoms with Crippen molar-refractivity contribution in [2.45, 2.75) is 50.1 Å². The maximum Gasteiger partial charge on any atom is 0.0467 e. The first-order valence-corrected chi connectivity index (χ1v) is 7.39. The molecule has 0 bridgehead atoms. The number of rotatable bonds is 5. The Kier molecular flexibility index (Phi) is 3.18. The van der Waals surface area contributed by atoms with Crippen molar-refractivity contribution < 1.29 is 0 Å². The van der Waals surface area contributed by atoms with Crippen LogP contribution in [0.3, 0.4) is 0 Å². The maximum absolute atomic E-state index is 6.12. The van der Waals surface area contributed by atoms with E-state index in [4.69, 9.17) is 5.73 Å². The second kappa shape index (κ2) is 4.52. The van der Waals surface area contributed by atoms with Crippen molar-refractivity contribution >= 4 is 0 Å². The molecule has 98 valence electrons. The van der Waals surface area contributed by atoms with Gasteiger partial charge < -0.3 is 5.73 Å². The molecule has 1 aliphatic heterocycles. The van der Waals surface area contributed by atoms with Crippen molar-refractivity contribution in [3.8, 4) is 0 Å². The van der Waals surface area contributed by atoms with Crippen LogP contribution in [-0.2, 0) is 0 Å². The highest BCUT2D eigenvalue weighted by atomic mass is 15.3. The topological polar surface area (TPSA) is 32.5 Å². The molecule has 1 unspecified atom stereocenters. The summed E-state index contributed by atoms with van der Waals surface area (Å²) in [5, 5.41) is 0. The lowest BCUT2D eigenvalue weighted by Crippen LogP contribution is -2.55. The van der Waals surface area contributed by atoms with Gasteiger partial charge in [-0.15, -0.1) is 0 Å². The Labute approximate surface area is 105 Å². The number of likely N-dealkylation sites (N-methyl/N-ethyl adjacent to an activating group) is 1. The van der Waals surface area contributed by atoms with Crippen LogP contribution in [0.25, 0.3) is 0 Å². The third-order valence-electron chi connectivity index (χ3n) is 5.37. The Bertz CT molecular complexity index is 273. The Hall–Kier alpha value is -0.120. The van der Waals surface area contributed by atoms with Gasteiger partial charge in [0.2, 0.25) is 0 Å². The monoisotopic (exact) mass is 237 g/mol. The van der Waals surface area contributed by atoms with E-state index in [9.17, 15) is 0 Å². The second-order valence-corrected chi connectivity index (χ2v) is 6.56. The number of hydrogen-bond donors (Lipinski definition) is 1. The molecular formula is C14H27N3. The van der Waals surface area contributed by atoms with Crippen LogP contribution in [0.1, 0.15) is 38.5 Å². The van der Waals surface area contributed by atoms with E-state index >= 15 is 0 Å². The van der Waals surface area contributed by atoms with Crippen LogP contribution >= 0.6 is 0 Å². The highest BCUT2D eigenvalue weighted by Crippen LogP contribution is 2.37. The van der Waals surface area contributed by atoms with E-state index in [0.717, 1.165) is 18.5 Å². The van der Waals surface area contributed by atoms with Crippen LogP contribution in [0.4, 0.5) is 0 Å². The Morgan fingerprint density at radius 2 is 2.06 bits per heavy atom. The molecule has 1 heterocycles. The fourth-order valence-corrected chi connectivity index (χ4v) is 3.53. The van der Waals surface area contributed by atoms with E-state index in [2.05, 4.69) is 16.8 Å². The highest BCUT2D eigenvalue weighted by Gasteiger charge is 2.45. The van der Waals surface area contributed by atoms with E-state index in [1.807, 2.05) is 0 Å². The summed E-state index contributed by atoms with van der Waals surface area (Å²) in [6.45, 7) is 4.60. The van der Waals surface area contributed by atoms with Crippen molar-refractivity contribution in [2.24, 2.45) is 11.7 Å². The van der Waals surface area contributed by atoms with Gasteiger partial charge in [0.15, 0.2) is 0 Å². The first kappa shape index (κ1) is 11.9. The Morgan fingerprint density at radius 1 is 1.29 bits per heavy atom. The minimum Gasteiger partial charge on any atom is -0.329 e. The predicted molar refractivity (Wildman–Crippen MR) is 71.0 cm³/mol. The molecule has 3 nitrogen and oxygen atoms in total. The molecule has 17 heavy (non-hydrogen) atoms. The number of nitrogens with zero attached hydrogens (tertiary/aromatic N) is 2. The molecule has 3 aliphatic rings. The zero-order chi connectivity index (χ0) is 11.9. The maximum atomic E-state index is 6.12. The standard InChI is InChI=1S/C14H27N3/c1-16(9-12-3-2-4-12)14(10-15)7-8-17(11-14)13-5-6-13/h12-13H,2-11,15H2,1H3. The predicted octanol–water partition coefficient (Wildman–Crippen LogP) is 1.28. The van der Waals surface area contributed by atoms with Gasteiger partial charge in [-0.2, -0.15) is 0 Å². The highest BCUT2D eigenvalue weighted by molar-refractivity contribution is 5.03. The summed E-state index contributed by atoms with van der Waals surface area (Å²) >= 11 is 0. The molecular weight excluding hydrogens is 210 g/mol. The summed E-state index contributed by atoms with van der Waals surface area (Å²) in [4.78, 5) is 5.28. The summed E-state index contributed by atoms with van der Waals surface area (Å²) in [5.74, 6) is 0.957. The van der Waals surface area contributed by atoms with Crippen molar-refractivity contribution in [1.82, 2.24) is 9.80 Å². The lowest BCUT2D eigenvalue weighted by Gasteiger charge is -2.41. The Morgan fingerprint density at radius 3 is 2.59 bits per heavy atom. The molecule has 3 heteroatoms. The first-order valence-electron chi connectivity index (χ1n) is 7.39. The van der Waals surface area contributed by atoms with Gasteiger partial charge in [0.05, 0.1) is 0 Å². The minimum absolute atomic E-state index is 0.290. The van der Waals surface area contributed by atoms with E-state index in [0.29, 0.717) is 0 Å². The van der Waals surface area contributed by atoms with Crippen molar-refractivity contribution in [1.29, 1.82) is 0 Å². The van der Waals surface area contributed by atoms with Gasteiger partial charge in [0, 0.05) is 37.8 Å². The fraction of sp³-hybridized carbons (Fsp3) is 1.00. The molecule has 2 N–H and O–H groups in total. The second-order valence-electron chi connectivity index (χ2n) is 6.56. The largest absolute Gasteiger partial charge is 0.329 e. The molecule has 2 saturated carbocycles. The van der Waals surface area contributed by atoms with E-state index in [1.54, 1.807) is 0 Å². The number of likely N-dealkylation sites (tertiary alicyclic amines) is 1. The average molecular weight is 237 g/mol. The summed E-state index contributed by atoms with van der Waals surface area (Å²) in [6, 6.07) is 0.903. The van der Waals surface area contributed by atoms with Gasteiger partial charge in [0.25, 0.3) is 0 Å². The molecule has 1 saturated heterocycles. The van der Waals surface area contributed by atoms with Crippen molar-refractivity contribution in [3.63, 3.8) is 0 Å². The molecule has 3 rings (SSSR count). The van der Waals surface area contributed by atoms with Gasteiger partial charge in [-0.1, -0.05) is 6.42 Å². The van der Waals surface area contributed by atoms with Crippen molar-refractivity contribution in [2.75, 3.05) is 33.2 Å². The third-order valence-corrected chi connectivity index (χ3v) is 5.37. The lowest BCUT2D eigenvalue weighted by atomic mass is 9.83. The van der Waals surface area contributed by atoms with Crippen LogP contribution in [0.2, 0.25) is 0 Å². The molecule has 0 amide bonds. The van der Waals surface area contributed by atoms with Crippen LogP contribution < -0.4 is 5.73 Å². The quantitative estimate of drug-likeness (QED) is 0.782. The van der Waals surface area contributed by atoms with Gasteiger partial charge in [-0.25, -0.2) is 0 Å². The Balaban J connectivity index is 1.60. The molecule has 2 aliphatic carbocycles. The molecule has 0 aromatic carbocycles. The molecule has 0 aromatic heterocycles. The van der Waals surface area contributed by atoms with Gasteiger partial charge in [0.1, 0.15) is 0 Å². The molecule has 0 aromatic rings. The third kappa shape index (κ3) is 2.25. The molecule has 1 atom stereocenters. The van der Waals surface area contributed by atoms with Crippen LogP contribution in [0, 0.1) is 5.92 Å².